The van der Waals surface area contributed by atoms with E-state index in [1.807, 2.05) is 6.07 Å². The van der Waals surface area contributed by atoms with Crippen LogP contribution in [0, 0.1) is 5.82 Å². The second-order valence-electron chi connectivity index (χ2n) is 5.23. The van der Waals surface area contributed by atoms with Crippen molar-refractivity contribution >= 4 is 22.5 Å². The zero-order chi connectivity index (χ0) is 18.9. The van der Waals surface area contributed by atoms with Gasteiger partial charge in [0, 0.05) is 27.9 Å². The molecule has 5 heteroatoms. The molecule has 3 aromatic rings. The molecule has 0 aliphatic heterocycles. The van der Waals surface area contributed by atoms with Crippen LogP contribution in [0.5, 0.6) is 0 Å². The lowest BCUT2D eigenvalue weighted by atomic mass is 10.2. The number of halogens is 2. The number of benzene rings is 1. The number of hydrogen-bond donors (Lipinski definition) is 0. The number of nitrogens with zero attached hydrogens (tertiary/aromatic N) is 3. The van der Waals surface area contributed by atoms with Crippen LogP contribution in [0.1, 0.15) is 38.2 Å². The summed E-state index contributed by atoms with van der Waals surface area (Å²) in [4.78, 5) is 0. The molecular formula is C16H15ClFN3. The number of hydrogen-bond acceptors (Lipinski definition) is 1. The Kier molecular flexibility index (Phi) is 1.88. The van der Waals surface area contributed by atoms with Gasteiger partial charge in [0.25, 0.3) is 0 Å². The Hall–Kier alpha value is -1.81. The predicted molar refractivity (Wildman–Crippen MR) is 81.7 cm³/mol. The normalized spacial score (nSPS) is 19.8. The van der Waals surface area contributed by atoms with E-state index in [-0.39, 0.29) is 16.5 Å². The largest absolute Gasteiger partial charge is 0.308 e. The van der Waals surface area contributed by atoms with Gasteiger partial charge in [-0.1, -0.05) is 17.7 Å². The van der Waals surface area contributed by atoms with Gasteiger partial charge in [0.15, 0.2) is 5.82 Å². The van der Waals surface area contributed by atoms with Crippen molar-refractivity contribution in [2.75, 3.05) is 0 Å². The molecule has 1 fully saturated rings. The minimum atomic E-state index is -2.89. The molecular weight excluding hydrogens is 289 g/mol. The fourth-order valence-corrected chi connectivity index (χ4v) is 2.85. The Morgan fingerprint density at radius 1 is 1.52 bits per heavy atom. The molecule has 4 rings (SSSR count). The number of aryl methyl sites for hydroxylation is 1. The summed E-state index contributed by atoms with van der Waals surface area (Å²) in [6.45, 7) is -5.56. The highest BCUT2D eigenvalue weighted by Crippen LogP contribution is 2.44. The lowest BCUT2D eigenvalue weighted by Crippen LogP contribution is -2.00. The van der Waals surface area contributed by atoms with Crippen LogP contribution >= 0.6 is 11.6 Å². The lowest BCUT2D eigenvalue weighted by molar-refractivity contribution is 0.634. The van der Waals surface area contributed by atoms with Crippen molar-refractivity contribution in [2.45, 2.75) is 32.1 Å². The third kappa shape index (κ3) is 1.97. The number of aromatic nitrogens is 3. The summed E-state index contributed by atoms with van der Waals surface area (Å²) in [6.07, 6.45) is 4.60. The van der Waals surface area contributed by atoms with Gasteiger partial charge in [0.05, 0.1) is 25.2 Å². The third-order valence-electron chi connectivity index (χ3n) is 3.82. The summed E-state index contributed by atoms with van der Waals surface area (Å²) in [5.74, 6) is -0.286. The summed E-state index contributed by atoms with van der Waals surface area (Å²) in [7, 11) is 0. The monoisotopic (exact) mass is 308 g/mol. The zero-order valence-corrected chi connectivity index (χ0v) is 11.7. The second kappa shape index (κ2) is 4.60. The SMILES string of the molecule is [2H]C([2H])([2H])C([2H])([2H])n1cc(-n2c(C3CC3)cc3ccc(Cl)c(F)c32)cn1. The van der Waals surface area contributed by atoms with Crippen molar-refractivity contribution in [3.8, 4) is 5.69 Å². The van der Waals surface area contributed by atoms with Crippen molar-refractivity contribution in [2.24, 2.45) is 0 Å². The van der Waals surface area contributed by atoms with E-state index in [1.165, 1.54) is 18.5 Å². The molecule has 0 spiro atoms. The molecule has 0 radical (unpaired) electrons. The van der Waals surface area contributed by atoms with Crippen LogP contribution in [0.15, 0.2) is 30.6 Å². The Labute approximate surface area is 134 Å². The maximum absolute atomic E-state index is 14.7. The van der Waals surface area contributed by atoms with Gasteiger partial charge in [-0.15, -0.1) is 0 Å². The van der Waals surface area contributed by atoms with Gasteiger partial charge in [-0.25, -0.2) is 4.39 Å². The van der Waals surface area contributed by atoms with E-state index < -0.39 is 19.2 Å². The van der Waals surface area contributed by atoms with Gasteiger partial charge in [0.2, 0.25) is 0 Å². The van der Waals surface area contributed by atoms with Crippen molar-refractivity contribution < 1.29 is 11.2 Å². The van der Waals surface area contributed by atoms with Gasteiger partial charge in [0.1, 0.15) is 0 Å². The van der Waals surface area contributed by atoms with E-state index in [9.17, 15) is 4.39 Å². The van der Waals surface area contributed by atoms with Gasteiger partial charge >= 0.3 is 0 Å². The van der Waals surface area contributed by atoms with E-state index in [1.54, 1.807) is 10.6 Å². The van der Waals surface area contributed by atoms with E-state index >= 15 is 0 Å². The maximum atomic E-state index is 14.7. The molecule has 1 aromatic carbocycles. The molecule has 21 heavy (non-hydrogen) atoms. The van der Waals surface area contributed by atoms with Crippen molar-refractivity contribution in [1.29, 1.82) is 0 Å². The van der Waals surface area contributed by atoms with Crippen LogP contribution in [0.3, 0.4) is 0 Å². The Bertz CT molecular complexity index is 1000. The first kappa shape index (κ1) is 8.59. The molecule has 0 saturated heterocycles. The van der Waals surface area contributed by atoms with Crippen LogP contribution in [-0.4, -0.2) is 14.3 Å². The lowest BCUT2D eigenvalue weighted by Gasteiger charge is -2.08. The van der Waals surface area contributed by atoms with Crippen molar-refractivity contribution in [1.82, 2.24) is 14.3 Å². The van der Waals surface area contributed by atoms with Crippen LogP contribution in [0.4, 0.5) is 4.39 Å². The molecule has 3 nitrogen and oxygen atoms in total. The highest BCUT2D eigenvalue weighted by molar-refractivity contribution is 6.31. The highest BCUT2D eigenvalue weighted by atomic mass is 35.5. The molecule has 2 aromatic heterocycles. The summed E-state index contributed by atoms with van der Waals surface area (Å²) < 4.78 is 55.0. The first-order valence-electron chi connectivity index (χ1n) is 9.16. The smallest absolute Gasteiger partial charge is 0.166 e. The van der Waals surface area contributed by atoms with Gasteiger partial charge in [-0.05, 0) is 37.7 Å². The molecule has 0 bridgehead atoms. The fourth-order valence-electron chi connectivity index (χ4n) is 2.70. The Balaban J connectivity index is 1.93. The molecule has 1 saturated carbocycles. The first-order chi connectivity index (χ1) is 12.1. The fraction of sp³-hybridized carbons (Fsp3) is 0.312. The molecule has 0 unspecified atom stereocenters. The van der Waals surface area contributed by atoms with Gasteiger partial charge in [-0.3, -0.25) is 4.68 Å². The van der Waals surface area contributed by atoms with Gasteiger partial charge < -0.3 is 4.57 Å². The third-order valence-corrected chi connectivity index (χ3v) is 4.11. The summed E-state index contributed by atoms with van der Waals surface area (Å²) in [5, 5.41) is 4.57. The van der Waals surface area contributed by atoms with E-state index in [2.05, 4.69) is 5.10 Å². The second-order valence-corrected chi connectivity index (χ2v) is 5.64. The molecule has 1 aliphatic carbocycles. The summed E-state index contributed by atoms with van der Waals surface area (Å²) in [5.41, 5.74) is 1.57. The molecule has 1 aliphatic rings. The van der Waals surface area contributed by atoms with Gasteiger partial charge in [-0.2, -0.15) is 5.10 Å². The van der Waals surface area contributed by atoms with E-state index in [0.717, 1.165) is 23.2 Å². The van der Waals surface area contributed by atoms with E-state index in [0.29, 0.717) is 11.1 Å². The minimum absolute atomic E-state index is 0.00981. The molecule has 2 heterocycles. The molecule has 108 valence electrons. The quantitative estimate of drug-likeness (QED) is 0.697. The Morgan fingerprint density at radius 2 is 2.38 bits per heavy atom. The van der Waals surface area contributed by atoms with Crippen LogP contribution in [0.25, 0.3) is 16.6 Å². The molecule has 0 atom stereocenters. The average molecular weight is 309 g/mol. The maximum Gasteiger partial charge on any atom is 0.166 e. The van der Waals surface area contributed by atoms with Crippen molar-refractivity contribution in [3.05, 3.63) is 47.1 Å². The standard InChI is InChI=1S/C16H15ClFN3/c1-2-20-9-12(8-19-20)21-14(10-3-4-10)7-11-5-6-13(17)15(18)16(11)21/h5-10H,2-4H2,1H3/i1D3,2D2. The summed E-state index contributed by atoms with van der Waals surface area (Å²) in [6, 6.07) is 5.12. The number of rotatable bonds is 3. The first-order valence-corrected chi connectivity index (χ1v) is 7.04. The average Bonchev–Trinajstić information content (AvgIpc) is 3.14. The van der Waals surface area contributed by atoms with Crippen LogP contribution in [0.2, 0.25) is 5.02 Å². The Morgan fingerprint density at radius 3 is 3.14 bits per heavy atom. The molecule has 0 N–H and O–H groups in total. The topological polar surface area (TPSA) is 22.8 Å². The zero-order valence-electron chi connectivity index (χ0n) is 16.0. The number of fused-ring (bicyclic) bond motifs is 1. The van der Waals surface area contributed by atoms with E-state index in [4.69, 9.17) is 18.5 Å². The minimum Gasteiger partial charge on any atom is -0.308 e. The highest BCUT2D eigenvalue weighted by Gasteiger charge is 2.29. The van der Waals surface area contributed by atoms with Crippen LogP contribution in [-0.2, 0) is 6.50 Å². The molecule has 0 amide bonds. The summed E-state index contributed by atoms with van der Waals surface area (Å²) >= 11 is 5.95. The van der Waals surface area contributed by atoms with Crippen molar-refractivity contribution in [3.63, 3.8) is 0 Å². The predicted octanol–water partition coefficient (Wildman–Crippen LogP) is 4.52. The van der Waals surface area contributed by atoms with Crippen LogP contribution < -0.4 is 0 Å².